The van der Waals surface area contributed by atoms with E-state index in [4.69, 9.17) is 5.11 Å². The van der Waals surface area contributed by atoms with Crippen LogP contribution >= 0.6 is 0 Å². The number of aliphatic hydroxyl groups is 1. The molecule has 6 nitrogen and oxygen atoms in total. The molecule has 0 aromatic heterocycles. The number of aliphatic carboxylic acids is 1. The van der Waals surface area contributed by atoms with Gasteiger partial charge in [0.15, 0.2) is 0 Å². The van der Waals surface area contributed by atoms with Crippen LogP contribution in [-0.4, -0.2) is 63.8 Å². The summed E-state index contributed by atoms with van der Waals surface area (Å²) in [6.45, 7) is 7.23. The Hall–Kier alpha value is -1.30. The molecule has 1 fully saturated rings. The predicted octanol–water partition coefficient (Wildman–Crippen LogP) is 1.39. The van der Waals surface area contributed by atoms with E-state index in [1.54, 1.807) is 9.80 Å². The summed E-state index contributed by atoms with van der Waals surface area (Å²) in [7, 11) is 0. The first-order valence-corrected chi connectivity index (χ1v) is 7.15. The monoisotopic (exact) mass is 286 g/mol. The number of carbonyl (C=O) groups is 2. The minimum atomic E-state index is -0.904. The summed E-state index contributed by atoms with van der Waals surface area (Å²) < 4.78 is 0. The van der Waals surface area contributed by atoms with Gasteiger partial charge in [0.05, 0.1) is 6.42 Å². The normalized spacial score (nSPS) is 19.8. The van der Waals surface area contributed by atoms with Crippen molar-refractivity contribution in [3.63, 3.8) is 0 Å². The largest absolute Gasteiger partial charge is 0.481 e. The van der Waals surface area contributed by atoms with Gasteiger partial charge in [0.1, 0.15) is 0 Å². The van der Waals surface area contributed by atoms with Gasteiger partial charge in [0, 0.05) is 31.8 Å². The molecule has 1 saturated heterocycles. The molecule has 0 aromatic carbocycles. The summed E-state index contributed by atoms with van der Waals surface area (Å²) in [5.41, 5.74) is -0.418. The number of urea groups is 1. The highest BCUT2D eigenvalue weighted by Gasteiger charge is 2.32. The molecule has 2 amide bonds. The molecule has 1 aliphatic heterocycles. The van der Waals surface area contributed by atoms with Crippen molar-refractivity contribution in [3.8, 4) is 0 Å². The molecule has 0 spiro atoms. The third-order valence-electron chi connectivity index (χ3n) is 3.64. The Bertz CT molecular complexity index is 352. The average Bonchev–Trinajstić information content (AvgIpc) is 2.36. The smallest absolute Gasteiger partial charge is 0.320 e. The highest BCUT2D eigenvalue weighted by molar-refractivity contribution is 5.76. The molecular weight excluding hydrogens is 260 g/mol. The lowest BCUT2D eigenvalue weighted by Crippen LogP contribution is -2.54. The lowest BCUT2D eigenvalue weighted by molar-refractivity contribution is -0.137. The van der Waals surface area contributed by atoms with E-state index in [0.29, 0.717) is 13.1 Å². The van der Waals surface area contributed by atoms with E-state index in [1.807, 2.05) is 20.8 Å². The number of rotatable bonds is 4. The van der Waals surface area contributed by atoms with Crippen LogP contribution in [0.1, 0.15) is 40.0 Å². The maximum Gasteiger partial charge on any atom is 0.320 e. The van der Waals surface area contributed by atoms with E-state index < -0.39 is 11.5 Å². The fourth-order valence-corrected chi connectivity index (χ4v) is 2.48. The Kier molecular flexibility index (Phi) is 5.80. The average molecular weight is 286 g/mol. The highest BCUT2D eigenvalue weighted by Crippen LogP contribution is 2.21. The number of piperidine rings is 1. The van der Waals surface area contributed by atoms with Gasteiger partial charge in [-0.2, -0.15) is 0 Å². The van der Waals surface area contributed by atoms with Crippen LogP contribution in [0, 0.1) is 5.92 Å². The number of likely N-dealkylation sites (tertiary alicyclic amines) is 1. The molecule has 0 radical (unpaired) electrons. The van der Waals surface area contributed by atoms with Gasteiger partial charge in [0.2, 0.25) is 0 Å². The fraction of sp³-hybridized carbons (Fsp3) is 0.857. The van der Waals surface area contributed by atoms with Crippen LogP contribution in [0.15, 0.2) is 0 Å². The van der Waals surface area contributed by atoms with Crippen LogP contribution in [-0.2, 0) is 4.79 Å². The zero-order valence-corrected chi connectivity index (χ0v) is 12.6. The van der Waals surface area contributed by atoms with Gasteiger partial charge in [-0.05, 0) is 39.5 Å². The molecule has 1 unspecified atom stereocenters. The minimum Gasteiger partial charge on any atom is -0.481 e. The van der Waals surface area contributed by atoms with Crippen LogP contribution in [0.4, 0.5) is 4.79 Å². The number of amides is 2. The summed E-state index contributed by atoms with van der Waals surface area (Å²) in [6.07, 6.45) is 1.76. The third kappa shape index (κ3) is 4.67. The number of hydrogen-bond donors (Lipinski definition) is 2. The Balaban J connectivity index is 2.74. The van der Waals surface area contributed by atoms with Crippen LogP contribution in [0.5, 0.6) is 0 Å². The van der Waals surface area contributed by atoms with Crippen molar-refractivity contribution in [2.75, 3.05) is 26.2 Å². The molecule has 1 heterocycles. The van der Waals surface area contributed by atoms with Gasteiger partial charge >= 0.3 is 12.0 Å². The molecule has 20 heavy (non-hydrogen) atoms. The van der Waals surface area contributed by atoms with Gasteiger partial charge < -0.3 is 20.0 Å². The zero-order valence-electron chi connectivity index (χ0n) is 12.6. The molecule has 6 heteroatoms. The number of hydrogen-bond acceptors (Lipinski definition) is 3. The fourth-order valence-electron chi connectivity index (χ4n) is 2.48. The van der Waals surface area contributed by atoms with Gasteiger partial charge in [-0.3, -0.25) is 4.79 Å². The molecule has 1 rings (SSSR count). The molecule has 1 aliphatic rings. The van der Waals surface area contributed by atoms with Crippen molar-refractivity contribution < 1.29 is 19.8 Å². The van der Waals surface area contributed by atoms with Crippen molar-refractivity contribution in [1.29, 1.82) is 0 Å². The van der Waals surface area contributed by atoms with Gasteiger partial charge in [0.25, 0.3) is 0 Å². The van der Waals surface area contributed by atoms with Gasteiger partial charge in [-0.25, -0.2) is 4.79 Å². The molecule has 0 aromatic rings. The first kappa shape index (κ1) is 16.8. The van der Waals surface area contributed by atoms with E-state index in [-0.39, 0.29) is 31.5 Å². The summed E-state index contributed by atoms with van der Waals surface area (Å²) in [6, 6.07) is -0.128. The van der Waals surface area contributed by atoms with E-state index >= 15 is 0 Å². The SMILES string of the molecule is CC(C)(C)N(CCC(=O)O)C(=O)N1CCCC(CO)C1. The number of aliphatic hydroxyl groups excluding tert-OH is 1. The molecule has 0 saturated carbocycles. The highest BCUT2D eigenvalue weighted by atomic mass is 16.4. The van der Waals surface area contributed by atoms with E-state index in [9.17, 15) is 14.7 Å². The minimum absolute atomic E-state index is 0.0553. The number of carboxylic acid groups (broad SMARTS) is 1. The maximum atomic E-state index is 12.6. The third-order valence-corrected chi connectivity index (χ3v) is 3.64. The Morgan fingerprint density at radius 1 is 1.35 bits per heavy atom. The molecule has 1 atom stereocenters. The summed E-state index contributed by atoms with van der Waals surface area (Å²) >= 11 is 0. The van der Waals surface area contributed by atoms with E-state index in [0.717, 1.165) is 12.8 Å². The van der Waals surface area contributed by atoms with E-state index in [1.165, 1.54) is 0 Å². The molecular formula is C14H26N2O4. The second-order valence-corrected chi connectivity index (χ2v) is 6.39. The lowest BCUT2D eigenvalue weighted by atomic mass is 9.99. The number of carbonyl (C=O) groups excluding carboxylic acids is 1. The second kappa shape index (κ2) is 6.92. The quantitative estimate of drug-likeness (QED) is 0.818. The van der Waals surface area contributed by atoms with Crippen molar-refractivity contribution in [2.24, 2.45) is 5.92 Å². The van der Waals surface area contributed by atoms with Crippen molar-refractivity contribution in [2.45, 2.75) is 45.6 Å². The molecule has 0 bridgehead atoms. The summed E-state index contributed by atoms with van der Waals surface area (Å²) in [4.78, 5) is 26.7. The van der Waals surface area contributed by atoms with Crippen molar-refractivity contribution >= 4 is 12.0 Å². The van der Waals surface area contributed by atoms with Crippen LogP contribution in [0.25, 0.3) is 0 Å². The van der Waals surface area contributed by atoms with Crippen molar-refractivity contribution in [3.05, 3.63) is 0 Å². The molecule has 0 aliphatic carbocycles. The Labute approximate surface area is 120 Å². The van der Waals surface area contributed by atoms with Crippen LogP contribution < -0.4 is 0 Å². The van der Waals surface area contributed by atoms with Crippen molar-refractivity contribution in [1.82, 2.24) is 9.80 Å². The van der Waals surface area contributed by atoms with Gasteiger partial charge in [-0.15, -0.1) is 0 Å². The van der Waals surface area contributed by atoms with E-state index in [2.05, 4.69) is 0 Å². The second-order valence-electron chi connectivity index (χ2n) is 6.39. The maximum absolute atomic E-state index is 12.6. The lowest BCUT2D eigenvalue weighted by Gasteiger charge is -2.41. The number of carboxylic acids is 1. The van der Waals surface area contributed by atoms with Gasteiger partial charge in [-0.1, -0.05) is 0 Å². The summed E-state index contributed by atoms with van der Waals surface area (Å²) in [5, 5.41) is 18.1. The summed E-state index contributed by atoms with van der Waals surface area (Å²) in [5.74, 6) is -0.770. The standard InChI is InChI=1S/C14H26N2O4/c1-14(2,3)16(8-6-12(18)19)13(20)15-7-4-5-11(9-15)10-17/h11,17H,4-10H2,1-3H3,(H,18,19). The Morgan fingerprint density at radius 2 is 2.00 bits per heavy atom. The van der Waals surface area contributed by atoms with Crippen LogP contribution in [0.2, 0.25) is 0 Å². The zero-order chi connectivity index (χ0) is 15.3. The molecule has 2 N–H and O–H groups in total. The van der Waals surface area contributed by atoms with Crippen LogP contribution in [0.3, 0.4) is 0 Å². The first-order chi connectivity index (χ1) is 9.25. The molecule has 116 valence electrons. The Morgan fingerprint density at radius 3 is 2.50 bits per heavy atom. The predicted molar refractivity (Wildman–Crippen MR) is 75.5 cm³/mol. The topological polar surface area (TPSA) is 81.1 Å². The number of nitrogens with zero attached hydrogens (tertiary/aromatic N) is 2. The first-order valence-electron chi connectivity index (χ1n) is 7.15.